The molecule has 2 aromatic carbocycles. The number of ketones is 1. The Morgan fingerprint density at radius 2 is 1.70 bits per heavy atom. The third kappa shape index (κ3) is 4.05. The van der Waals surface area contributed by atoms with E-state index in [2.05, 4.69) is 5.32 Å². The van der Waals surface area contributed by atoms with Crippen LogP contribution in [-0.2, 0) is 9.84 Å². The molecule has 1 N–H and O–H groups in total. The van der Waals surface area contributed by atoms with Gasteiger partial charge < -0.3 is 10.2 Å². The van der Waals surface area contributed by atoms with E-state index in [9.17, 15) is 18.0 Å². The summed E-state index contributed by atoms with van der Waals surface area (Å²) in [6.07, 6.45) is 0.786. The lowest BCUT2D eigenvalue weighted by Crippen LogP contribution is -2.28. The maximum absolute atomic E-state index is 12.9. The second-order valence-electron chi connectivity index (χ2n) is 6.45. The van der Waals surface area contributed by atoms with Gasteiger partial charge in [0.1, 0.15) is 0 Å². The van der Waals surface area contributed by atoms with Crippen LogP contribution in [0.3, 0.4) is 0 Å². The van der Waals surface area contributed by atoms with Crippen LogP contribution in [0.5, 0.6) is 0 Å². The van der Waals surface area contributed by atoms with Gasteiger partial charge in [0.05, 0.1) is 9.79 Å². The van der Waals surface area contributed by atoms with E-state index in [4.69, 9.17) is 0 Å². The number of fused-ring (bicyclic) bond motifs is 2. The Morgan fingerprint density at radius 3 is 2.41 bits per heavy atom. The number of nitrogens with zero attached hydrogens (tertiary/aromatic N) is 1. The standard InChI is InChI=1S/C19H20N2O4S.ClH/c1-21(2)11-5-10-20-19(23)13-8-9-15-17(12-13)26(24,25)16-7-4-3-6-14(16)18(15)22;/h3-4,6-9,12H,5,10-11H2,1-2H3,(H,20,23);1H. The number of hydrogen-bond acceptors (Lipinski definition) is 5. The third-order valence-corrected chi connectivity index (χ3v) is 6.12. The molecule has 0 radical (unpaired) electrons. The summed E-state index contributed by atoms with van der Waals surface area (Å²) in [5.74, 6) is -0.698. The fourth-order valence-corrected chi connectivity index (χ4v) is 4.60. The maximum atomic E-state index is 12.9. The molecule has 1 heterocycles. The summed E-state index contributed by atoms with van der Waals surface area (Å²) in [5.41, 5.74) is 0.498. The lowest BCUT2D eigenvalue weighted by atomic mass is 10.0. The van der Waals surface area contributed by atoms with Crippen LogP contribution in [0.4, 0.5) is 0 Å². The molecule has 3 rings (SSSR count). The van der Waals surface area contributed by atoms with Crippen LogP contribution in [0.15, 0.2) is 52.3 Å². The number of nitrogens with one attached hydrogen (secondary N) is 1. The molecule has 1 aliphatic rings. The first kappa shape index (κ1) is 21.1. The summed E-state index contributed by atoms with van der Waals surface area (Å²) >= 11 is 0. The maximum Gasteiger partial charge on any atom is 0.251 e. The number of carbonyl (C=O) groups excluding carboxylic acids is 2. The second kappa shape index (κ2) is 8.21. The SMILES string of the molecule is CN(C)CCCNC(=O)c1ccc2c(c1)S(=O)(=O)c1ccccc1C2=O.Cl. The van der Waals surface area contributed by atoms with Crippen LogP contribution in [0.1, 0.15) is 32.7 Å². The van der Waals surface area contributed by atoms with Crippen LogP contribution < -0.4 is 5.32 Å². The Morgan fingerprint density at radius 1 is 1.04 bits per heavy atom. The van der Waals surface area contributed by atoms with E-state index in [0.29, 0.717) is 6.54 Å². The molecule has 0 aliphatic carbocycles. The van der Waals surface area contributed by atoms with Gasteiger partial charge >= 0.3 is 0 Å². The van der Waals surface area contributed by atoms with Gasteiger partial charge in [-0.1, -0.05) is 12.1 Å². The number of benzene rings is 2. The van der Waals surface area contributed by atoms with Crippen molar-refractivity contribution in [1.29, 1.82) is 0 Å². The average molecular weight is 409 g/mol. The Bertz CT molecular complexity index is 987. The molecule has 144 valence electrons. The van der Waals surface area contributed by atoms with Gasteiger partial charge in [-0.15, -0.1) is 12.4 Å². The lowest BCUT2D eigenvalue weighted by molar-refractivity contribution is 0.0950. The minimum Gasteiger partial charge on any atom is -0.352 e. The summed E-state index contributed by atoms with van der Waals surface area (Å²) in [6, 6.07) is 10.3. The molecule has 1 aliphatic heterocycles. The predicted molar refractivity (Wildman–Crippen MR) is 105 cm³/mol. The third-order valence-electron chi connectivity index (χ3n) is 4.27. The molecule has 0 bridgehead atoms. The Balaban J connectivity index is 0.00000261. The van der Waals surface area contributed by atoms with E-state index >= 15 is 0 Å². The van der Waals surface area contributed by atoms with Crippen molar-refractivity contribution in [2.45, 2.75) is 16.2 Å². The van der Waals surface area contributed by atoms with Crippen molar-refractivity contribution in [2.75, 3.05) is 27.2 Å². The highest BCUT2D eigenvalue weighted by atomic mass is 35.5. The first-order valence-electron chi connectivity index (χ1n) is 8.28. The molecule has 27 heavy (non-hydrogen) atoms. The zero-order chi connectivity index (χ0) is 18.9. The zero-order valence-electron chi connectivity index (χ0n) is 15.1. The van der Waals surface area contributed by atoms with E-state index in [0.717, 1.165) is 13.0 Å². The van der Waals surface area contributed by atoms with Crippen molar-refractivity contribution < 1.29 is 18.0 Å². The number of rotatable bonds is 5. The zero-order valence-corrected chi connectivity index (χ0v) is 16.7. The highest BCUT2D eigenvalue weighted by molar-refractivity contribution is 7.91. The van der Waals surface area contributed by atoms with Gasteiger partial charge in [0.25, 0.3) is 5.91 Å². The predicted octanol–water partition coefficient (Wildman–Crippen LogP) is 2.17. The molecule has 1 amide bonds. The molecule has 0 spiro atoms. The lowest BCUT2D eigenvalue weighted by Gasteiger charge is -2.19. The number of hydrogen-bond donors (Lipinski definition) is 1. The molecule has 2 aromatic rings. The van der Waals surface area contributed by atoms with E-state index in [1.165, 1.54) is 30.3 Å². The topological polar surface area (TPSA) is 83.6 Å². The minimum atomic E-state index is -3.83. The molecule has 0 saturated carbocycles. The van der Waals surface area contributed by atoms with Gasteiger partial charge in [-0.05, 0) is 57.4 Å². The summed E-state index contributed by atoms with van der Waals surface area (Å²) in [5, 5.41) is 2.77. The number of carbonyl (C=O) groups is 2. The highest BCUT2D eigenvalue weighted by Gasteiger charge is 2.34. The van der Waals surface area contributed by atoms with Crippen LogP contribution in [0.2, 0.25) is 0 Å². The van der Waals surface area contributed by atoms with Gasteiger partial charge in [-0.25, -0.2) is 8.42 Å². The molecule has 8 heteroatoms. The van der Waals surface area contributed by atoms with Gasteiger partial charge in [0.15, 0.2) is 5.78 Å². The van der Waals surface area contributed by atoms with Crippen LogP contribution >= 0.6 is 12.4 Å². The Hall–Kier alpha value is -2.22. The molecular formula is C19H21ClN2O4S. The first-order valence-corrected chi connectivity index (χ1v) is 9.76. The Labute approximate surface area is 164 Å². The van der Waals surface area contributed by atoms with E-state index < -0.39 is 9.84 Å². The summed E-state index contributed by atoms with van der Waals surface area (Å²) < 4.78 is 25.7. The fourth-order valence-electron chi connectivity index (χ4n) is 2.92. The van der Waals surface area contributed by atoms with Crippen molar-refractivity contribution in [2.24, 2.45) is 0 Å². The van der Waals surface area contributed by atoms with E-state index in [1.807, 2.05) is 19.0 Å². The number of halogens is 1. The summed E-state index contributed by atoms with van der Waals surface area (Å²) in [6.45, 7) is 1.33. The average Bonchev–Trinajstić information content (AvgIpc) is 2.63. The van der Waals surface area contributed by atoms with E-state index in [-0.39, 0.29) is 50.6 Å². The number of sulfone groups is 1. The van der Waals surface area contributed by atoms with Crippen molar-refractivity contribution in [3.05, 3.63) is 59.2 Å². The number of amides is 1. The molecule has 0 fully saturated rings. The fraction of sp³-hybridized carbons (Fsp3) is 0.263. The monoisotopic (exact) mass is 408 g/mol. The van der Waals surface area contributed by atoms with E-state index in [1.54, 1.807) is 12.1 Å². The first-order chi connectivity index (χ1) is 12.3. The normalized spacial score (nSPS) is 14.1. The summed E-state index contributed by atoms with van der Waals surface area (Å²) in [7, 11) is 0.0646. The minimum absolute atomic E-state index is 0. The van der Waals surface area contributed by atoms with Crippen molar-refractivity contribution in [1.82, 2.24) is 10.2 Å². The van der Waals surface area contributed by atoms with Crippen LogP contribution in [0, 0.1) is 0 Å². The molecule has 0 saturated heterocycles. The van der Waals surface area contributed by atoms with Crippen LogP contribution in [-0.4, -0.2) is 52.2 Å². The van der Waals surface area contributed by atoms with Gasteiger partial charge in [0.2, 0.25) is 9.84 Å². The van der Waals surface area contributed by atoms with Crippen molar-refractivity contribution in [3.8, 4) is 0 Å². The van der Waals surface area contributed by atoms with Crippen molar-refractivity contribution in [3.63, 3.8) is 0 Å². The van der Waals surface area contributed by atoms with Gasteiger partial charge in [0, 0.05) is 23.2 Å². The molecule has 6 nitrogen and oxygen atoms in total. The Kier molecular flexibility index (Phi) is 6.41. The summed E-state index contributed by atoms with van der Waals surface area (Å²) in [4.78, 5) is 26.8. The highest BCUT2D eigenvalue weighted by Crippen LogP contribution is 2.34. The molecule has 0 aromatic heterocycles. The van der Waals surface area contributed by atoms with Gasteiger partial charge in [-0.2, -0.15) is 0 Å². The van der Waals surface area contributed by atoms with Crippen LogP contribution in [0.25, 0.3) is 0 Å². The molecular weight excluding hydrogens is 388 g/mol. The molecule has 0 atom stereocenters. The van der Waals surface area contributed by atoms with Crippen molar-refractivity contribution >= 4 is 33.9 Å². The smallest absolute Gasteiger partial charge is 0.251 e. The van der Waals surface area contributed by atoms with Gasteiger partial charge in [-0.3, -0.25) is 9.59 Å². The largest absolute Gasteiger partial charge is 0.352 e. The quantitative estimate of drug-likeness (QED) is 0.654. The second-order valence-corrected chi connectivity index (χ2v) is 8.34. The molecule has 0 unspecified atom stereocenters.